The highest BCUT2D eigenvalue weighted by Crippen LogP contribution is 2.45. The highest BCUT2D eigenvalue weighted by molar-refractivity contribution is 6.22. The van der Waals surface area contributed by atoms with E-state index in [1.807, 2.05) is 42.5 Å². The lowest BCUT2D eigenvalue weighted by atomic mass is 9.83. The van der Waals surface area contributed by atoms with Crippen molar-refractivity contribution < 1.29 is 4.39 Å². The number of benzene rings is 7. The van der Waals surface area contributed by atoms with Gasteiger partial charge in [-0.1, -0.05) is 115 Å². The third-order valence-corrected chi connectivity index (χ3v) is 7.84. The van der Waals surface area contributed by atoms with E-state index >= 15 is 0 Å². The van der Waals surface area contributed by atoms with E-state index in [0.29, 0.717) is 11.1 Å². The first-order valence-electron chi connectivity index (χ1n) is 13.3. The van der Waals surface area contributed by atoms with Gasteiger partial charge >= 0.3 is 0 Å². The molecule has 0 spiro atoms. The Balaban J connectivity index is 1.52. The lowest BCUT2D eigenvalue weighted by Crippen LogP contribution is -1.97. The van der Waals surface area contributed by atoms with Crippen molar-refractivity contribution in [3.05, 3.63) is 144 Å². The Bertz CT molecular complexity index is 2170. The van der Waals surface area contributed by atoms with Gasteiger partial charge in [0.15, 0.2) is 0 Å². The molecule has 0 fully saturated rings. The van der Waals surface area contributed by atoms with Crippen LogP contribution in [0.2, 0.25) is 0 Å². The molecule has 0 heterocycles. The summed E-state index contributed by atoms with van der Waals surface area (Å²) in [6, 6.07) is 46.1. The maximum Gasteiger partial charge on any atom is 0.141 e. The number of hydrogen-bond donors (Lipinski definition) is 0. The van der Waals surface area contributed by atoms with E-state index < -0.39 is 5.82 Å². The second kappa shape index (κ2) is 9.76. The van der Waals surface area contributed by atoms with Gasteiger partial charge in [-0.3, -0.25) is 0 Å². The van der Waals surface area contributed by atoms with Crippen LogP contribution in [-0.2, 0) is 0 Å². The fraction of sp³-hybridized carbons (Fsp3) is 0. The molecule has 2 nitrogen and oxygen atoms in total. The fourth-order valence-corrected chi connectivity index (χ4v) is 6.04. The van der Waals surface area contributed by atoms with E-state index in [-0.39, 0.29) is 11.1 Å². The summed E-state index contributed by atoms with van der Waals surface area (Å²) in [5.74, 6) is -0.636. The normalized spacial score (nSPS) is 11.0. The van der Waals surface area contributed by atoms with Crippen molar-refractivity contribution >= 4 is 32.3 Å². The molecule has 0 bridgehead atoms. The van der Waals surface area contributed by atoms with Crippen molar-refractivity contribution in [2.45, 2.75) is 0 Å². The van der Waals surface area contributed by atoms with Crippen LogP contribution in [0.15, 0.2) is 127 Å². The topological polar surface area (TPSA) is 47.6 Å². The van der Waals surface area contributed by atoms with E-state index in [0.717, 1.165) is 38.2 Å². The summed E-state index contributed by atoms with van der Waals surface area (Å²) in [5, 5.41) is 26.0. The van der Waals surface area contributed by atoms with Crippen molar-refractivity contribution in [3.8, 4) is 45.5 Å². The highest BCUT2D eigenvalue weighted by atomic mass is 19.1. The molecule has 0 aliphatic heterocycles. The number of hydrogen-bond acceptors (Lipinski definition) is 2. The molecule has 0 N–H and O–H groups in total. The standard InChI is InChI=1S/C38H21FN2/c39-35-21-20-27(22-40)37(34(35)23-41)38-32-13-5-3-11-30(32)36(31-12-4-6-14-33(31)38)26-18-16-25(17-19-26)29-15-7-9-24-8-1-2-10-28(24)29/h1-21H. The summed E-state index contributed by atoms with van der Waals surface area (Å²) >= 11 is 0. The molecule has 41 heavy (non-hydrogen) atoms. The monoisotopic (exact) mass is 524 g/mol. The van der Waals surface area contributed by atoms with E-state index in [1.54, 1.807) is 0 Å². The average molecular weight is 525 g/mol. The molecular weight excluding hydrogens is 503 g/mol. The van der Waals surface area contributed by atoms with Crippen LogP contribution >= 0.6 is 0 Å². The smallest absolute Gasteiger partial charge is 0.141 e. The minimum atomic E-state index is -0.636. The van der Waals surface area contributed by atoms with Crippen LogP contribution in [-0.4, -0.2) is 0 Å². The molecular formula is C38H21FN2. The maximum atomic E-state index is 14.9. The molecule has 7 rings (SSSR count). The van der Waals surface area contributed by atoms with Crippen LogP contribution in [0.25, 0.3) is 65.7 Å². The quantitative estimate of drug-likeness (QED) is 0.216. The van der Waals surface area contributed by atoms with Crippen molar-refractivity contribution in [3.63, 3.8) is 0 Å². The molecule has 190 valence electrons. The molecule has 0 amide bonds. The molecule has 0 saturated carbocycles. The first-order chi connectivity index (χ1) is 20.2. The SMILES string of the molecule is N#Cc1ccc(F)c(C#N)c1-c1c2ccccc2c(-c2ccc(-c3cccc4ccccc34)cc2)c2ccccc12. The van der Waals surface area contributed by atoms with Gasteiger partial charge in [0, 0.05) is 11.1 Å². The number of fused-ring (bicyclic) bond motifs is 3. The minimum absolute atomic E-state index is 0.119. The molecule has 0 aromatic heterocycles. The second-order valence-electron chi connectivity index (χ2n) is 10.0. The van der Waals surface area contributed by atoms with E-state index in [2.05, 4.69) is 84.9 Å². The van der Waals surface area contributed by atoms with E-state index in [4.69, 9.17) is 0 Å². The first-order valence-corrected chi connectivity index (χ1v) is 13.3. The average Bonchev–Trinajstić information content (AvgIpc) is 3.03. The lowest BCUT2D eigenvalue weighted by molar-refractivity contribution is 0.624. The largest absolute Gasteiger partial charge is 0.206 e. The molecule has 0 atom stereocenters. The van der Waals surface area contributed by atoms with Crippen LogP contribution < -0.4 is 0 Å². The van der Waals surface area contributed by atoms with Crippen LogP contribution in [0.3, 0.4) is 0 Å². The molecule has 7 aromatic rings. The van der Waals surface area contributed by atoms with Gasteiger partial charge in [0.1, 0.15) is 11.9 Å². The second-order valence-corrected chi connectivity index (χ2v) is 10.0. The Labute approximate surface area is 236 Å². The predicted molar refractivity (Wildman–Crippen MR) is 165 cm³/mol. The van der Waals surface area contributed by atoms with Crippen molar-refractivity contribution in [1.82, 2.24) is 0 Å². The Kier molecular flexibility index (Phi) is 5.78. The van der Waals surface area contributed by atoms with Gasteiger partial charge in [-0.05, 0) is 66.7 Å². The van der Waals surface area contributed by atoms with Gasteiger partial charge in [0.05, 0.1) is 17.2 Å². The summed E-state index contributed by atoms with van der Waals surface area (Å²) in [6.45, 7) is 0. The summed E-state index contributed by atoms with van der Waals surface area (Å²) in [5.41, 5.74) is 5.59. The predicted octanol–water partition coefficient (Wildman–Crippen LogP) is 10.0. The van der Waals surface area contributed by atoms with Gasteiger partial charge in [-0.25, -0.2) is 4.39 Å². The van der Waals surface area contributed by atoms with E-state index in [1.165, 1.54) is 28.5 Å². The van der Waals surface area contributed by atoms with Crippen LogP contribution in [0.4, 0.5) is 4.39 Å². The molecule has 0 radical (unpaired) electrons. The zero-order chi connectivity index (χ0) is 27.9. The molecule has 0 aliphatic rings. The Morgan fingerprint density at radius 3 is 1.59 bits per heavy atom. The van der Waals surface area contributed by atoms with E-state index in [9.17, 15) is 14.9 Å². The van der Waals surface area contributed by atoms with Crippen molar-refractivity contribution in [1.29, 1.82) is 10.5 Å². The number of halogens is 1. The van der Waals surface area contributed by atoms with Crippen LogP contribution in [0, 0.1) is 28.5 Å². The lowest BCUT2D eigenvalue weighted by Gasteiger charge is -2.19. The zero-order valence-corrected chi connectivity index (χ0v) is 21.9. The molecule has 0 saturated heterocycles. The molecule has 0 aliphatic carbocycles. The van der Waals surface area contributed by atoms with Crippen molar-refractivity contribution in [2.75, 3.05) is 0 Å². The number of rotatable bonds is 3. The van der Waals surface area contributed by atoms with Gasteiger partial charge in [0.25, 0.3) is 0 Å². The third kappa shape index (κ3) is 3.84. The van der Waals surface area contributed by atoms with Crippen LogP contribution in [0.1, 0.15) is 11.1 Å². The van der Waals surface area contributed by atoms with Gasteiger partial charge < -0.3 is 0 Å². The zero-order valence-electron chi connectivity index (χ0n) is 21.9. The summed E-state index contributed by atoms with van der Waals surface area (Å²) in [6.07, 6.45) is 0. The highest BCUT2D eigenvalue weighted by Gasteiger charge is 2.22. The fourth-order valence-electron chi connectivity index (χ4n) is 6.04. The summed E-state index contributed by atoms with van der Waals surface area (Å²) in [7, 11) is 0. The number of nitriles is 2. The Hall–Kier alpha value is -5.77. The molecule has 0 unspecified atom stereocenters. The first kappa shape index (κ1) is 24.3. The van der Waals surface area contributed by atoms with Gasteiger partial charge in [0.2, 0.25) is 0 Å². The van der Waals surface area contributed by atoms with Crippen LogP contribution in [0.5, 0.6) is 0 Å². The molecule has 7 aromatic carbocycles. The minimum Gasteiger partial charge on any atom is -0.206 e. The molecule has 3 heteroatoms. The summed E-state index contributed by atoms with van der Waals surface area (Å²) < 4.78 is 14.9. The Morgan fingerprint density at radius 1 is 0.439 bits per heavy atom. The summed E-state index contributed by atoms with van der Waals surface area (Å²) in [4.78, 5) is 0. The van der Waals surface area contributed by atoms with Gasteiger partial charge in [-0.15, -0.1) is 0 Å². The van der Waals surface area contributed by atoms with Crippen molar-refractivity contribution in [2.24, 2.45) is 0 Å². The Morgan fingerprint density at radius 2 is 0.976 bits per heavy atom. The maximum absolute atomic E-state index is 14.9. The number of nitrogens with zero attached hydrogens (tertiary/aromatic N) is 2. The third-order valence-electron chi connectivity index (χ3n) is 7.84. The van der Waals surface area contributed by atoms with Gasteiger partial charge in [-0.2, -0.15) is 10.5 Å².